The van der Waals surface area contributed by atoms with Gasteiger partial charge >= 0.3 is 0 Å². The van der Waals surface area contributed by atoms with Crippen molar-refractivity contribution in [3.63, 3.8) is 0 Å². The molecule has 17 heavy (non-hydrogen) atoms. The summed E-state index contributed by atoms with van der Waals surface area (Å²) in [5.41, 5.74) is 0.811. The van der Waals surface area contributed by atoms with E-state index in [9.17, 15) is 4.79 Å². The van der Waals surface area contributed by atoms with Crippen LogP contribution in [-0.2, 0) is 4.79 Å². The van der Waals surface area contributed by atoms with Crippen molar-refractivity contribution in [3.05, 3.63) is 29.3 Å². The normalized spacial score (nSPS) is 12.2. The van der Waals surface area contributed by atoms with Crippen LogP contribution in [-0.4, -0.2) is 5.91 Å². The largest absolute Gasteiger partial charge is 0.326 e. The summed E-state index contributed by atoms with van der Waals surface area (Å²) in [6.45, 7) is 4.29. The summed E-state index contributed by atoms with van der Waals surface area (Å²) in [7, 11) is 0. The van der Waals surface area contributed by atoms with Gasteiger partial charge in [-0.05, 0) is 30.2 Å². The van der Waals surface area contributed by atoms with Crippen molar-refractivity contribution >= 4 is 23.2 Å². The van der Waals surface area contributed by atoms with Crippen LogP contribution >= 0.6 is 11.6 Å². The lowest BCUT2D eigenvalue weighted by atomic mass is 9.97. The Morgan fingerprint density at radius 1 is 1.29 bits per heavy atom. The molecule has 2 nitrogen and oxygen atoms in total. The monoisotopic (exact) mass is 253 g/mol. The fraction of sp³-hybridized carbons (Fsp3) is 0.500. The van der Waals surface area contributed by atoms with E-state index in [4.69, 9.17) is 11.6 Å². The number of rotatable bonds is 6. The maximum atomic E-state index is 11.8. The summed E-state index contributed by atoms with van der Waals surface area (Å²) in [6, 6.07) is 7.20. The Morgan fingerprint density at radius 3 is 2.47 bits per heavy atom. The van der Waals surface area contributed by atoms with Gasteiger partial charge in [-0.25, -0.2) is 0 Å². The van der Waals surface area contributed by atoms with E-state index >= 15 is 0 Å². The van der Waals surface area contributed by atoms with Crippen LogP contribution in [0.3, 0.4) is 0 Å². The number of amides is 1. The third-order valence-electron chi connectivity index (χ3n) is 2.88. The molecule has 0 spiro atoms. The molecule has 0 bridgehead atoms. The van der Waals surface area contributed by atoms with Gasteiger partial charge in [-0.2, -0.15) is 0 Å². The number of carbonyl (C=O) groups is 1. The molecule has 1 rings (SSSR count). The molecule has 3 heteroatoms. The van der Waals surface area contributed by atoms with Crippen LogP contribution < -0.4 is 5.32 Å². The first-order valence-corrected chi connectivity index (χ1v) is 6.58. The number of benzene rings is 1. The van der Waals surface area contributed by atoms with Gasteiger partial charge in [-0.15, -0.1) is 0 Å². The summed E-state index contributed by atoms with van der Waals surface area (Å²) in [4.78, 5) is 11.8. The number of hydrogen-bond donors (Lipinski definition) is 1. The number of halogens is 1. The zero-order chi connectivity index (χ0) is 12.7. The van der Waals surface area contributed by atoms with Gasteiger partial charge in [0.15, 0.2) is 0 Å². The second-order valence-corrected chi connectivity index (χ2v) is 4.76. The number of carbonyl (C=O) groups excluding carboxylic acids is 1. The quantitative estimate of drug-likeness (QED) is 0.795. The number of nitrogens with one attached hydrogen (secondary N) is 1. The van der Waals surface area contributed by atoms with E-state index in [1.165, 1.54) is 0 Å². The Labute approximate surface area is 108 Å². The fourth-order valence-electron chi connectivity index (χ4n) is 1.87. The van der Waals surface area contributed by atoms with Crippen LogP contribution in [0.15, 0.2) is 24.3 Å². The summed E-state index contributed by atoms with van der Waals surface area (Å²) in [5.74, 6) is 0.583. The van der Waals surface area contributed by atoms with E-state index in [1.807, 2.05) is 12.1 Å². The molecule has 1 unspecified atom stereocenters. The second-order valence-electron chi connectivity index (χ2n) is 4.32. The van der Waals surface area contributed by atoms with Gasteiger partial charge in [-0.1, -0.05) is 44.7 Å². The molecule has 0 fully saturated rings. The van der Waals surface area contributed by atoms with Crippen LogP contribution in [0.2, 0.25) is 5.02 Å². The highest BCUT2D eigenvalue weighted by atomic mass is 35.5. The zero-order valence-electron chi connectivity index (χ0n) is 10.5. The number of hydrogen-bond acceptors (Lipinski definition) is 1. The summed E-state index contributed by atoms with van der Waals surface area (Å²) in [6.07, 6.45) is 3.91. The van der Waals surface area contributed by atoms with E-state index in [0.717, 1.165) is 24.9 Å². The van der Waals surface area contributed by atoms with E-state index in [-0.39, 0.29) is 5.91 Å². The Morgan fingerprint density at radius 2 is 1.94 bits per heavy atom. The molecule has 1 amide bonds. The summed E-state index contributed by atoms with van der Waals surface area (Å²) < 4.78 is 0. The Kier molecular flexibility index (Phi) is 6.06. The molecule has 1 aromatic rings. The van der Waals surface area contributed by atoms with Gasteiger partial charge in [0.05, 0.1) is 0 Å². The SMILES string of the molecule is CCCC(CC)CC(=O)Nc1ccc(Cl)cc1. The third-order valence-corrected chi connectivity index (χ3v) is 3.13. The lowest BCUT2D eigenvalue weighted by molar-refractivity contribution is -0.117. The van der Waals surface area contributed by atoms with Crippen LogP contribution in [0.1, 0.15) is 39.5 Å². The first-order chi connectivity index (χ1) is 8.15. The predicted octanol–water partition coefficient (Wildman–Crippen LogP) is 4.49. The van der Waals surface area contributed by atoms with Crippen LogP contribution in [0.25, 0.3) is 0 Å². The van der Waals surface area contributed by atoms with Crippen molar-refractivity contribution in [3.8, 4) is 0 Å². The maximum absolute atomic E-state index is 11.8. The molecule has 0 radical (unpaired) electrons. The van der Waals surface area contributed by atoms with Crippen molar-refractivity contribution < 1.29 is 4.79 Å². The lowest BCUT2D eigenvalue weighted by Crippen LogP contribution is -2.16. The molecular formula is C14H20ClNO. The topological polar surface area (TPSA) is 29.1 Å². The first-order valence-electron chi connectivity index (χ1n) is 6.21. The van der Waals surface area contributed by atoms with Crippen LogP contribution in [0.4, 0.5) is 5.69 Å². The van der Waals surface area contributed by atoms with Crippen LogP contribution in [0.5, 0.6) is 0 Å². The van der Waals surface area contributed by atoms with Crippen molar-refractivity contribution in [1.82, 2.24) is 0 Å². The fourth-order valence-corrected chi connectivity index (χ4v) is 1.99. The minimum atomic E-state index is 0.0904. The predicted molar refractivity (Wildman–Crippen MR) is 73.4 cm³/mol. The minimum Gasteiger partial charge on any atom is -0.326 e. The van der Waals surface area contributed by atoms with Crippen LogP contribution in [0, 0.1) is 5.92 Å². The molecule has 0 saturated carbocycles. The van der Waals surface area contributed by atoms with Crippen molar-refractivity contribution in [2.45, 2.75) is 39.5 Å². The minimum absolute atomic E-state index is 0.0904. The Bertz CT molecular complexity index is 348. The average Bonchev–Trinajstić information content (AvgIpc) is 2.31. The van der Waals surface area contributed by atoms with Crippen molar-refractivity contribution in [2.75, 3.05) is 5.32 Å². The molecule has 0 aliphatic heterocycles. The third kappa shape index (κ3) is 5.22. The average molecular weight is 254 g/mol. The molecule has 1 atom stereocenters. The smallest absolute Gasteiger partial charge is 0.224 e. The van der Waals surface area contributed by atoms with E-state index < -0.39 is 0 Å². The van der Waals surface area contributed by atoms with Gasteiger partial charge in [0.25, 0.3) is 0 Å². The highest BCUT2D eigenvalue weighted by molar-refractivity contribution is 6.30. The molecule has 0 aromatic heterocycles. The van der Waals surface area contributed by atoms with E-state index in [1.54, 1.807) is 12.1 Å². The van der Waals surface area contributed by atoms with Crippen molar-refractivity contribution in [2.24, 2.45) is 5.92 Å². The van der Waals surface area contributed by atoms with Gasteiger partial charge in [0, 0.05) is 17.1 Å². The molecule has 0 aliphatic carbocycles. The van der Waals surface area contributed by atoms with E-state index in [2.05, 4.69) is 19.2 Å². The molecule has 1 aromatic carbocycles. The molecule has 94 valence electrons. The van der Waals surface area contributed by atoms with E-state index in [0.29, 0.717) is 17.4 Å². The summed E-state index contributed by atoms with van der Waals surface area (Å²) in [5, 5.41) is 3.58. The van der Waals surface area contributed by atoms with Crippen molar-refractivity contribution in [1.29, 1.82) is 0 Å². The Balaban J connectivity index is 2.46. The highest BCUT2D eigenvalue weighted by Gasteiger charge is 2.11. The number of anilines is 1. The Hall–Kier alpha value is -1.02. The lowest BCUT2D eigenvalue weighted by Gasteiger charge is -2.13. The molecule has 0 heterocycles. The summed E-state index contributed by atoms with van der Waals surface area (Å²) >= 11 is 5.78. The second kappa shape index (κ2) is 7.33. The van der Waals surface area contributed by atoms with Gasteiger partial charge in [0.1, 0.15) is 0 Å². The van der Waals surface area contributed by atoms with Gasteiger partial charge in [0.2, 0.25) is 5.91 Å². The molecule has 0 saturated heterocycles. The highest BCUT2D eigenvalue weighted by Crippen LogP contribution is 2.17. The standard InChI is InChI=1S/C14H20ClNO/c1-3-5-11(4-2)10-14(17)16-13-8-6-12(15)7-9-13/h6-9,11H,3-5,10H2,1-2H3,(H,16,17). The maximum Gasteiger partial charge on any atom is 0.224 e. The first kappa shape index (κ1) is 14.0. The molecule has 1 N–H and O–H groups in total. The zero-order valence-corrected chi connectivity index (χ0v) is 11.3. The van der Waals surface area contributed by atoms with Gasteiger partial charge < -0.3 is 5.32 Å². The molecular weight excluding hydrogens is 234 g/mol. The van der Waals surface area contributed by atoms with Gasteiger partial charge in [-0.3, -0.25) is 4.79 Å². The molecule has 0 aliphatic rings.